The van der Waals surface area contributed by atoms with Crippen LogP contribution in [0.3, 0.4) is 0 Å². The number of pyridine rings is 1. The van der Waals surface area contributed by atoms with E-state index in [2.05, 4.69) is 39.3 Å². The Labute approximate surface area is 183 Å². The summed E-state index contributed by atoms with van der Waals surface area (Å²) in [6, 6.07) is 7.61. The van der Waals surface area contributed by atoms with Gasteiger partial charge >= 0.3 is 0 Å². The zero-order valence-electron chi connectivity index (χ0n) is 18.4. The van der Waals surface area contributed by atoms with Crippen molar-refractivity contribution in [3.05, 3.63) is 41.3 Å². The van der Waals surface area contributed by atoms with Crippen molar-refractivity contribution >= 4 is 17.4 Å². The van der Waals surface area contributed by atoms with Gasteiger partial charge in [-0.2, -0.15) is 5.26 Å². The van der Waals surface area contributed by atoms with Gasteiger partial charge in [-0.3, -0.25) is 9.69 Å². The van der Waals surface area contributed by atoms with Gasteiger partial charge in [-0.1, -0.05) is 0 Å². The summed E-state index contributed by atoms with van der Waals surface area (Å²) in [5.41, 5.74) is 2.33. The number of hydrogen-bond acceptors (Lipinski definition) is 6. The Balaban J connectivity index is 1.64. The normalized spacial score (nSPS) is 17.9. The number of hydrogen-bond donors (Lipinski definition) is 3. The smallest absolute Gasteiger partial charge is 0.272 e. The van der Waals surface area contributed by atoms with Crippen molar-refractivity contribution in [3.8, 4) is 6.07 Å². The van der Waals surface area contributed by atoms with Crippen LogP contribution in [0, 0.1) is 11.3 Å². The van der Waals surface area contributed by atoms with Crippen LogP contribution in [0.15, 0.2) is 24.4 Å². The van der Waals surface area contributed by atoms with Gasteiger partial charge in [0.1, 0.15) is 11.8 Å². The third-order valence-electron chi connectivity index (χ3n) is 6.37. The van der Waals surface area contributed by atoms with E-state index in [4.69, 9.17) is 10.2 Å². The first-order valence-corrected chi connectivity index (χ1v) is 11.1. The zero-order chi connectivity index (χ0) is 21.8. The van der Waals surface area contributed by atoms with Crippen LogP contribution in [0.1, 0.15) is 54.9 Å². The lowest BCUT2D eigenvalue weighted by atomic mass is 9.96. The van der Waals surface area contributed by atoms with Crippen molar-refractivity contribution in [2.24, 2.45) is 0 Å². The van der Waals surface area contributed by atoms with E-state index >= 15 is 0 Å². The average molecular weight is 422 g/mol. The molecule has 0 spiro atoms. The molecule has 0 aliphatic carbocycles. The maximum atomic E-state index is 12.8. The first-order chi connectivity index (χ1) is 15.0. The number of aromatic amines is 1. The summed E-state index contributed by atoms with van der Waals surface area (Å²) in [5.74, 6) is 0.566. The minimum Gasteiger partial charge on any atom is -0.356 e. The summed E-state index contributed by atoms with van der Waals surface area (Å²) in [4.78, 5) is 25.5. The number of rotatable bonds is 5. The van der Waals surface area contributed by atoms with Gasteiger partial charge in [0.25, 0.3) is 5.91 Å². The van der Waals surface area contributed by atoms with Gasteiger partial charge in [-0.25, -0.2) is 4.98 Å². The molecule has 0 aromatic carbocycles. The molecule has 0 saturated carbocycles. The molecule has 1 amide bonds. The largest absolute Gasteiger partial charge is 0.356 e. The maximum absolute atomic E-state index is 12.8. The predicted molar refractivity (Wildman–Crippen MR) is 121 cm³/mol. The number of nitrogens with zero attached hydrogens (tertiary/aromatic N) is 4. The van der Waals surface area contributed by atoms with Crippen LogP contribution in [0.5, 0.6) is 0 Å². The molecule has 2 aromatic rings. The lowest BCUT2D eigenvalue weighted by Gasteiger charge is -2.41. The molecular weight excluding hydrogens is 390 g/mol. The highest BCUT2D eigenvalue weighted by Crippen LogP contribution is 2.33. The fraction of sp³-hybridized carbons (Fsp3) is 0.522. The molecule has 31 heavy (non-hydrogen) atoms. The number of piperazine rings is 1. The summed E-state index contributed by atoms with van der Waals surface area (Å²) < 4.78 is 0. The van der Waals surface area contributed by atoms with Crippen molar-refractivity contribution in [2.75, 3.05) is 49.5 Å². The van der Waals surface area contributed by atoms with E-state index in [-0.39, 0.29) is 11.4 Å². The van der Waals surface area contributed by atoms with Gasteiger partial charge in [0.05, 0.1) is 22.5 Å². The summed E-state index contributed by atoms with van der Waals surface area (Å²) in [7, 11) is 0. The summed E-state index contributed by atoms with van der Waals surface area (Å²) in [5, 5.41) is 15.4. The number of carbonyl (C=O) groups excluding carboxylic acids is 1. The number of amides is 1. The molecule has 4 rings (SSSR count). The summed E-state index contributed by atoms with van der Waals surface area (Å²) in [6.07, 6.45) is 5.02. The molecule has 164 valence electrons. The van der Waals surface area contributed by atoms with Gasteiger partial charge in [0.2, 0.25) is 0 Å². The Hall–Kier alpha value is -2.89. The molecule has 3 N–H and O–H groups in total. The molecule has 0 bridgehead atoms. The third-order valence-corrected chi connectivity index (χ3v) is 6.37. The first-order valence-electron chi connectivity index (χ1n) is 11.1. The lowest BCUT2D eigenvalue weighted by molar-refractivity contribution is 0.0989. The second-order valence-electron chi connectivity index (χ2n) is 8.78. The molecule has 4 heterocycles. The van der Waals surface area contributed by atoms with Crippen molar-refractivity contribution in [3.63, 3.8) is 0 Å². The first kappa shape index (κ1) is 21.3. The number of carbonyl (C=O) groups is 1. The van der Waals surface area contributed by atoms with E-state index in [1.807, 2.05) is 18.2 Å². The standard InChI is InChI=1S/C23H31N7O/c1-23(2,30-12-8-25-9-13-30)20-7-6-18(21(28-20)29-10-4-3-5-11-29)27-22(31)19-14-17(15-24)16-26-19/h6-7,14,16,25-26H,3-5,8-13H2,1-2H3,(H,27,31). The Morgan fingerprint density at radius 1 is 1.16 bits per heavy atom. The van der Waals surface area contributed by atoms with Crippen LogP contribution < -0.4 is 15.5 Å². The number of anilines is 2. The fourth-order valence-electron chi connectivity index (χ4n) is 4.40. The SMILES string of the molecule is CC(C)(c1ccc(NC(=O)c2cc(C#N)c[nH]2)c(N2CCCCC2)n1)N1CCNCC1. The highest BCUT2D eigenvalue weighted by molar-refractivity contribution is 6.04. The van der Waals surface area contributed by atoms with Crippen LogP contribution in [-0.4, -0.2) is 60.0 Å². The number of aromatic nitrogens is 2. The summed E-state index contributed by atoms with van der Waals surface area (Å²) in [6.45, 7) is 10.3. The molecule has 8 heteroatoms. The molecule has 2 aliphatic heterocycles. The van der Waals surface area contributed by atoms with E-state index in [0.29, 0.717) is 16.9 Å². The Kier molecular flexibility index (Phi) is 6.25. The van der Waals surface area contributed by atoms with Crippen LogP contribution in [0.4, 0.5) is 11.5 Å². The van der Waals surface area contributed by atoms with Crippen molar-refractivity contribution in [1.82, 2.24) is 20.2 Å². The number of H-pyrrole nitrogens is 1. The van der Waals surface area contributed by atoms with E-state index in [1.54, 1.807) is 6.07 Å². The quantitative estimate of drug-likeness (QED) is 0.686. The van der Waals surface area contributed by atoms with Crippen LogP contribution in [0.25, 0.3) is 0 Å². The molecule has 2 aromatic heterocycles. The maximum Gasteiger partial charge on any atom is 0.272 e. The van der Waals surface area contributed by atoms with Crippen molar-refractivity contribution in [2.45, 2.75) is 38.6 Å². The Morgan fingerprint density at radius 3 is 2.58 bits per heavy atom. The van der Waals surface area contributed by atoms with E-state index in [9.17, 15) is 4.79 Å². The highest BCUT2D eigenvalue weighted by atomic mass is 16.1. The van der Waals surface area contributed by atoms with E-state index in [1.165, 1.54) is 12.6 Å². The number of nitrogens with one attached hydrogen (secondary N) is 3. The molecule has 2 saturated heterocycles. The molecule has 2 aliphatic rings. The minimum absolute atomic E-state index is 0.198. The molecule has 8 nitrogen and oxygen atoms in total. The number of nitriles is 1. The van der Waals surface area contributed by atoms with Crippen molar-refractivity contribution < 1.29 is 4.79 Å². The molecule has 2 fully saturated rings. The third kappa shape index (κ3) is 4.58. The second-order valence-corrected chi connectivity index (χ2v) is 8.78. The second kappa shape index (κ2) is 9.08. The number of piperidine rings is 1. The van der Waals surface area contributed by atoms with Gasteiger partial charge < -0.3 is 20.5 Å². The summed E-state index contributed by atoms with van der Waals surface area (Å²) >= 11 is 0. The fourth-order valence-corrected chi connectivity index (χ4v) is 4.40. The lowest BCUT2D eigenvalue weighted by Crippen LogP contribution is -2.52. The van der Waals surface area contributed by atoms with Gasteiger partial charge in [-0.05, 0) is 51.3 Å². The predicted octanol–water partition coefficient (Wildman–Crippen LogP) is 2.66. The van der Waals surface area contributed by atoms with Gasteiger partial charge in [-0.15, -0.1) is 0 Å². The van der Waals surface area contributed by atoms with Crippen LogP contribution >= 0.6 is 0 Å². The molecule has 0 radical (unpaired) electrons. The van der Waals surface area contributed by atoms with E-state index in [0.717, 1.165) is 63.6 Å². The average Bonchev–Trinajstić information content (AvgIpc) is 3.30. The van der Waals surface area contributed by atoms with Crippen LogP contribution in [-0.2, 0) is 5.54 Å². The molecule has 0 atom stereocenters. The van der Waals surface area contributed by atoms with Crippen LogP contribution in [0.2, 0.25) is 0 Å². The highest BCUT2D eigenvalue weighted by Gasteiger charge is 2.32. The molecule has 0 unspecified atom stereocenters. The van der Waals surface area contributed by atoms with Gasteiger partial charge in [0, 0.05) is 45.5 Å². The Bertz CT molecular complexity index is 963. The van der Waals surface area contributed by atoms with Gasteiger partial charge in [0.15, 0.2) is 5.82 Å². The monoisotopic (exact) mass is 421 g/mol. The zero-order valence-corrected chi connectivity index (χ0v) is 18.4. The molecular formula is C23H31N7O. The topological polar surface area (TPSA) is 100 Å². The Morgan fingerprint density at radius 2 is 1.90 bits per heavy atom. The van der Waals surface area contributed by atoms with Crippen molar-refractivity contribution in [1.29, 1.82) is 5.26 Å². The minimum atomic E-state index is -0.268. The van der Waals surface area contributed by atoms with E-state index < -0.39 is 0 Å².